The molecule has 1 N–H and O–H groups in total. The summed E-state index contributed by atoms with van der Waals surface area (Å²) in [6.07, 6.45) is -4.16. The molecule has 1 heterocycles. The lowest BCUT2D eigenvalue weighted by Gasteiger charge is -2.34. The number of aromatic carboxylic acids is 1. The Balaban J connectivity index is 2.65. The maximum absolute atomic E-state index is 13.3. The summed E-state index contributed by atoms with van der Waals surface area (Å²) in [5.74, 6) is -2.52. The van der Waals surface area contributed by atoms with Crippen LogP contribution in [-0.2, 0) is 16.2 Å². The van der Waals surface area contributed by atoms with Gasteiger partial charge in [0.1, 0.15) is 11.3 Å². The Morgan fingerprint density at radius 3 is 2.19 bits per heavy atom. The lowest BCUT2D eigenvalue weighted by Crippen LogP contribution is -2.42. The quantitative estimate of drug-likeness (QED) is 0.847. The molecule has 2 unspecified atom stereocenters. The Kier molecular flexibility index (Phi) is 5.57. The Bertz CT molecular complexity index is 797. The number of carboxylic acid groups (broad SMARTS) is 1. The lowest BCUT2D eigenvalue weighted by atomic mass is 9.94. The first-order chi connectivity index (χ1) is 11.9. The summed E-state index contributed by atoms with van der Waals surface area (Å²) in [6.45, 7) is 4.05. The van der Waals surface area contributed by atoms with Crippen molar-refractivity contribution in [2.45, 2.75) is 31.3 Å². The zero-order chi connectivity index (χ0) is 19.9. The van der Waals surface area contributed by atoms with Crippen molar-refractivity contribution in [2.75, 3.05) is 20.2 Å². The lowest BCUT2D eigenvalue weighted by molar-refractivity contribution is -0.138. The smallest absolute Gasteiger partial charge is 0.420 e. The summed E-state index contributed by atoms with van der Waals surface area (Å²) in [7, 11) is -3.38. The van der Waals surface area contributed by atoms with Gasteiger partial charge in [-0.2, -0.15) is 17.5 Å². The van der Waals surface area contributed by atoms with Crippen molar-refractivity contribution in [1.82, 2.24) is 4.31 Å². The van der Waals surface area contributed by atoms with Crippen molar-refractivity contribution < 1.29 is 36.2 Å². The maximum Gasteiger partial charge on any atom is 0.420 e. The highest BCUT2D eigenvalue weighted by Gasteiger charge is 2.40. The summed E-state index contributed by atoms with van der Waals surface area (Å²) in [6, 6.07) is 1.15. The molecule has 10 heteroatoms. The molecule has 1 saturated heterocycles. The number of methoxy groups -OCH3 is 1. The Hall–Kier alpha value is -1.81. The van der Waals surface area contributed by atoms with E-state index in [4.69, 9.17) is 0 Å². The van der Waals surface area contributed by atoms with Gasteiger partial charge >= 0.3 is 12.1 Å². The van der Waals surface area contributed by atoms with E-state index >= 15 is 0 Å². The number of halogens is 3. The van der Waals surface area contributed by atoms with E-state index in [1.165, 1.54) is 0 Å². The fraction of sp³-hybridized carbons (Fsp3) is 0.562. The second-order valence-corrected chi connectivity index (χ2v) is 8.56. The minimum absolute atomic E-state index is 0.0489. The predicted molar refractivity (Wildman–Crippen MR) is 86.7 cm³/mol. The van der Waals surface area contributed by atoms with Crippen molar-refractivity contribution in [3.8, 4) is 5.75 Å². The summed E-state index contributed by atoms with van der Waals surface area (Å²) in [4.78, 5) is 10.7. The number of rotatable bonds is 4. The average molecular weight is 395 g/mol. The number of piperidine rings is 1. The molecular weight excluding hydrogens is 375 g/mol. The standard InChI is InChI=1S/C16H20F3NO5S/c1-9-4-10(2)8-20(7-9)26(23,24)11-5-12(15(21)22)14(25-3)13(6-11)16(17,18)19/h5-6,9-10H,4,7-8H2,1-3H3,(H,21,22). The zero-order valence-electron chi connectivity index (χ0n) is 14.5. The van der Waals surface area contributed by atoms with Crippen molar-refractivity contribution in [3.05, 3.63) is 23.3 Å². The van der Waals surface area contributed by atoms with Gasteiger partial charge in [-0.05, 0) is 30.4 Å². The molecule has 1 aromatic rings. The molecule has 26 heavy (non-hydrogen) atoms. The number of hydrogen-bond acceptors (Lipinski definition) is 4. The van der Waals surface area contributed by atoms with E-state index in [0.717, 1.165) is 23.9 Å². The molecule has 2 rings (SSSR count). The van der Waals surface area contributed by atoms with Crippen molar-refractivity contribution in [3.63, 3.8) is 0 Å². The van der Waals surface area contributed by atoms with Gasteiger partial charge in [-0.3, -0.25) is 0 Å². The summed E-state index contributed by atoms with van der Waals surface area (Å²) >= 11 is 0. The van der Waals surface area contributed by atoms with Gasteiger partial charge in [0.2, 0.25) is 10.0 Å². The number of alkyl halides is 3. The third-order valence-electron chi connectivity index (χ3n) is 4.28. The molecule has 0 aromatic heterocycles. The van der Waals surface area contributed by atoms with Crippen LogP contribution in [0.4, 0.5) is 13.2 Å². The predicted octanol–water partition coefficient (Wildman–Crippen LogP) is 3.08. The molecule has 1 aliphatic rings. The monoisotopic (exact) mass is 395 g/mol. The Labute approximate surface area is 149 Å². The van der Waals surface area contributed by atoms with Crippen LogP contribution in [0.1, 0.15) is 36.2 Å². The van der Waals surface area contributed by atoms with E-state index in [-0.39, 0.29) is 24.9 Å². The largest absolute Gasteiger partial charge is 0.495 e. The second kappa shape index (κ2) is 7.07. The van der Waals surface area contributed by atoms with Gasteiger partial charge in [-0.1, -0.05) is 13.8 Å². The van der Waals surface area contributed by atoms with Crippen molar-refractivity contribution in [1.29, 1.82) is 0 Å². The van der Waals surface area contributed by atoms with Crippen LogP contribution in [0.15, 0.2) is 17.0 Å². The molecule has 1 aliphatic heterocycles. The number of hydrogen-bond donors (Lipinski definition) is 1. The first-order valence-corrected chi connectivity index (χ1v) is 9.34. The Morgan fingerprint density at radius 2 is 1.77 bits per heavy atom. The van der Waals surface area contributed by atoms with E-state index in [9.17, 15) is 31.5 Å². The SMILES string of the molecule is COc1c(C(=O)O)cc(S(=O)(=O)N2CC(C)CC(C)C2)cc1C(F)(F)F. The van der Waals surface area contributed by atoms with Crippen LogP contribution in [0, 0.1) is 11.8 Å². The van der Waals surface area contributed by atoms with Crippen molar-refractivity contribution >= 4 is 16.0 Å². The molecule has 0 spiro atoms. The molecular formula is C16H20F3NO5S. The van der Waals surface area contributed by atoms with Crippen LogP contribution >= 0.6 is 0 Å². The fourth-order valence-corrected chi connectivity index (χ4v) is 5.02. The second-order valence-electron chi connectivity index (χ2n) is 6.62. The van der Waals surface area contributed by atoms with Gasteiger partial charge in [0.05, 0.1) is 17.6 Å². The van der Waals surface area contributed by atoms with E-state index in [2.05, 4.69) is 4.74 Å². The highest BCUT2D eigenvalue weighted by atomic mass is 32.2. The minimum atomic E-state index is -4.97. The average Bonchev–Trinajstić information content (AvgIpc) is 2.51. The van der Waals surface area contributed by atoms with Crippen LogP contribution in [0.3, 0.4) is 0 Å². The highest BCUT2D eigenvalue weighted by molar-refractivity contribution is 7.89. The van der Waals surface area contributed by atoms with Gasteiger partial charge in [0.25, 0.3) is 0 Å². The van der Waals surface area contributed by atoms with Crippen molar-refractivity contribution in [2.24, 2.45) is 11.8 Å². The van der Waals surface area contributed by atoms with E-state index in [1.54, 1.807) is 0 Å². The number of ether oxygens (including phenoxy) is 1. The summed E-state index contributed by atoms with van der Waals surface area (Å²) in [5.41, 5.74) is -2.28. The highest BCUT2D eigenvalue weighted by Crippen LogP contribution is 2.40. The molecule has 1 aromatic carbocycles. The molecule has 1 fully saturated rings. The first kappa shape index (κ1) is 20.5. The Morgan fingerprint density at radius 1 is 1.23 bits per heavy atom. The molecule has 0 aliphatic carbocycles. The molecule has 0 radical (unpaired) electrons. The van der Waals surface area contributed by atoms with E-state index < -0.39 is 43.9 Å². The normalized spacial score (nSPS) is 22.2. The molecule has 2 atom stereocenters. The number of sulfonamides is 1. The maximum atomic E-state index is 13.3. The summed E-state index contributed by atoms with van der Waals surface area (Å²) in [5, 5.41) is 9.22. The van der Waals surface area contributed by atoms with E-state index in [0.29, 0.717) is 6.07 Å². The number of benzene rings is 1. The van der Waals surface area contributed by atoms with Gasteiger partial charge < -0.3 is 9.84 Å². The van der Waals surface area contributed by atoms with Crippen LogP contribution in [0.2, 0.25) is 0 Å². The first-order valence-electron chi connectivity index (χ1n) is 7.90. The number of carboxylic acids is 1. The van der Waals surface area contributed by atoms with Crippen LogP contribution in [-0.4, -0.2) is 44.0 Å². The number of nitrogens with zero attached hydrogens (tertiary/aromatic N) is 1. The van der Waals surface area contributed by atoms with Gasteiger partial charge in [-0.25, -0.2) is 13.2 Å². The van der Waals surface area contributed by atoms with Crippen LogP contribution in [0.5, 0.6) is 5.75 Å². The molecule has 6 nitrogen and oxygen atoms in total. The number of carbonyl (C=O) groups is 1. The molecule has 0 bridgehead atoms. The zero-order valence-corrected chi connectivity index (χ0v) is 15.3. The fourth-order valence-electron chi connectivity index (χ4n) is 3.29. The van der Waals surface area contributed by atoms with Crippen LogP contribution < -0.4 is 4.74 Å². The molecule has 0 amide bonds. The van der Waals surface area contributed by atoms with Gasteiger partial charge in [0, 0.05) is 13.1 Å². The molecule has 146 valence electrons. The minimum Gasteiger partial charge on any atom is -0.495 e. The van der Waals surface area contributed by atoms with Gasteiger partial charge in [0.15, 0.2) is 0 Å². The van der Waals surface area contributed by atoms with E-state index in [1.807, 2.05) is 13.8 Å². The third-order valence-corrected chi connectivity index (χ3v) is 6.08. The topological polar surface area (TPSA) is 83.9 Å². The van der Waals surface area contributed by atoms with Gasteiger partial charge in [-0.15, -0.1) is 0 Å². The molecule has 0 saturated carbocycles. The third kappa shape index (κ3) is 3.96. The summed E-state index contributed by atoms with van der Waals surface area (Å²) < 4.78 is 71.4. The van der Waals surface area contributed by atoms with Crippen LogP contribution in [0.25, 0.3) is 0 Å².